The molecule has 13 heavy (non-hydrogen) atoms. The molecule has 0 radical (unpaired) electrons. The normalized spacial score (nSPS) is 9.62. The van der Waals surface area contributed by atoms with Crippen LogP contribution >= 0.6 is 0 Å². The van der Waals surface area contributed by atoms with E-state index in [1.54, 1.807) is 0 Å². The number of nitrogens with one attached hydrogen (secondary N) is 2. The van der Waals surface area contributed by atoms with Gasteiger partial charge in [0.1, 0.15) is 6.73 Å². The van der Waals surface area contributed by atoms with Crippen LogP contribution in [0.25, 0.3) is 0 Å². The number of esters is 1. The highest BCUT2D eigenvalue weighted by atomic mass is 16.5. The molecule has 0 bridgehead atoms. The van der Waals surface area contributed by atoms with E-state index in [-0.39, 0.29) is 6.73 Å². The van der Waals surface area contributed by atoms with E-state index in [1.165, 1.54) is 0 Å². The molecular weight excluding hydrogens is 170 g/mol. The largest absolute Gasteiger partial charge is 0.447 e. The van der Waals surface area contributed by atoms with Crippen molar-refractivity contribution in [2.75, 3.05) is 32.9 Å². The molecule has 76 valence electrons. The fraction of sp³-hybridized carbons (Fsp3) is 0.625. The molecule has 0 aromatic heterocycles. The van der Waals surface area contributed by atoms with Crippen LogP contribution in [-0.4, -0.2) is 38.9 Å². The molecular formula is C8H17N3O2. The van der Waals surface area contributed by atoms with Gasteiger partial charge in [0, 0.05) is 32.3 Å². The van der Waals surface area contributed by atoms with Gasteiger partial charge in [-0.25, -0.2) is 4.79 Å². The summed E-state index contributed by atoms with van der Waals surface area (Å²) in [7, 11) is 0. The summed E-state index contributed by atoms with van der Waals surface area (Å²) in [5.41, 5.74) is 5.26. The summed E-state index contributed by atoms with van der Waals surface area (Å²) in [6, 6.07) is 0. The fourth-order valence-corrected chi connectivity index (χ4v) is 0.657. The minimum Gasteiger partial charge on any atom is -0.447 e. The molecule has 0 unspecified atom stereocenters. The smallest absolute Gasteiger partial charge is 0.331 e. The van der Waals surface area contributed by atoms with E-state index in [1.807, 2.05) is 0 Å². The van der Waals surface area contributed by atoms with Crippen molar-refractivity contribution >= 4 is 5.97 Å². The topological polar surface area (TPSA) is 76.4 Å². The zero-order valence-electron chi connectivity index (χ0n) is 7.71. The number of ether oxygens (including phenoxy) is 1. The predicted molar refractivity (Wildman–Crippen MR) is 51.1 cm³/mol. The molecule has 0 amide bonds. The minimum atomic E-state index is -0.414. The Morgan fingerprint density at radius 3 is 2.69 bits per heavy atom. The SMILES string of the molecule is C=CC(=O)OCNCCNCCN. The number of nitrogens with two attached hydrogens (primary N) is 1. The van der Waals surface area contributed by atoms with E-state index in [9.17, 15) is 4.79 Å². The molecule has 4 N–H and O–H groups in total. The minimum absolute atomic E-state index is 0.217. The lowest BCUT2D eigenvalue weighted by Crippen LogP contribution is -2.32. The second-order valence-electron chi connectivity index (χ2n) is 2.35. The van der Waals surface area contributed by atoms with Crippen LogP contribution in [0.3, 0.4) is 0 Å². The molecule has 0 fully saturated rings. The van der Waals surface area contributed by atoms with Gasteiger partial charge >= 0.3 is 5.97 Å². The number of rotatable bonds is 8. The number of hydrogen-bond acceptors (Lipinski definition) is 5. The summed E-state index contributed by atoms with van der Waals surface area (Å²) >= 11 is 0. The molecule has 0 saturated carbocycles. The molecule has 0 saturated heterocycles. The lowest BCUT2D eigenvalue weighted by Gasteiger charge is -2.05. The molecule has 0 aromatic rings. The number of hydrogen-bond donors (Lipinski definition) is 3. The third-order valence-electron chi connectivity index (χ3n) is 1.28. The third-order valence-corrected chi connectivity index (χ3v) is 1.28. The fourth-order valence-electron chi connectivity index (χ4n) is 0.657. The van der Waals surface area contributed by atoms with Crippen molar-refractivity contribution in [1.82, 2.24) is 10.6 Å². The van der Waals surface area contributed by atoms with Crippen molar-refractivity contribution in [1.29, 1.82) is 0 Å². The van der Waals surface area contributed by atoms with Gasteiger partial charge in [-0.05, 0) is 0 Å². The highest BCUT2D eigenvalue weighted by Crippen LogP contribution is 1.74. The van der Waals surface area contributed by atoms with Crippen LogP contribution in [-0.2, 0) is 9.53 Å². The first-order chi connectivity index (χ1) is 6.31. The predicted octanol–water partition coefficient (Wildman–Crippen LogP) is -1.19. The van der Waals surface area contributed by atoms with Crippen LogP contribution in [0, 0.1) is 0 Å². The zero-order valence-corrected chi connectivity index (χ0v) is 7.71. The monoisotopic (exact) mass is 187 g/mol. The average molecular weight is 187 g/mol. The van der Waals surface area contributed by atoms with E-state index in [4.69, 9.17) is 5.73 Å². The molecule has 0 heterocycles. The van der Waals surface area contributed by atoms with Gasteiger partial charge in [-0.2, -0.15) is 0 Å². The van der Waals surface area contributed by atoms with Gasteiger partial charge in [0.15, 0.2) is 0 Å². The molecule has 5 heteroatoms. The van der Waals surface area contributed by atoms with Gasteiger partial charge in [-0.15, -0.1) is 0 Å². The standard InChI is InChI=1S/C8H17N3O2/c1-2-8(12)13-7-11-6-5-10-4-3-9/h2,10-11H,1,3-7,9H2. The molecule has 0 aliphatic rings. The van der Waals surface area contributed by atoms with Crippen LogP contribution < -0.4 is 16.4 Å². The second kappa shape index (κ2) is 9.18. The molecule has 5 nitrogen and oxygen atoms in total. The Labute approximate surface area is 78.3 Å². The molecule has 0 aliphatic carbocycles. The summed E-state index contributed by atoms with van der Waals surface area (Å²) < 4.78 is 4.68. The van der Waals surface area contributed by atoms with Crippen molar-refractivity contribution in [3.05, 3.63) is 12.7 Å². The Morgan fingerprint density at radius 1 is 1.38 bits per heavy atom. The highest BCUT2D eigenvalue weighted by Gasteiger charge is 1.92. The molecule has 0 aliphatic heterocycles. The molecule has 0 aromatic carbocycles. The van der Waals surface area contributed by atoms with E-state index < -0.39 is 5.97 Å². The Kier molecular flexibility index (Phi) is 8.54. The van der Waals surface area contributed by atoms with Gasteiger partial charge < -0.3 is 15.8 Å². The van der Waals surface area contributed by atoms with Gasteiger partial charge in [0.05, 0.1) is 0 Å². The van der Waals surface area contributed by atoms with E-state index in [0.29, 0.717) is 6.54 Å². The summed E-state index contributed by atoms with van der Waals surface area (Å²) in [5, 5.41) is 6.00. The maximum absolute atomic E-state index is 10.5. The van der Waals surface area contributed by atoms with Crippen LogP contribution in [0.4, 0.5) is 0 Å². The summed E-state index contributed by atoms with van der Waals surface area (Å²) in [5.74, 6) is -0.414. The van der Waals surface area contributed by atoms with Crippen molar-refractivity contribution in [2.45, 2.75) is 0 Å². The van der Waals surface area contributed by atoms with Crippen LogP contribution in [0.5, 0.6) is 0 Å². The molecule has 0 spiro atoms. The first-order valence-corrected chi connectivity index (χ1v) is 4.22. The average Bonchev–Trinajstić information content (AvgIpc) is 2.16. The molecule has 0 rings (SSSR count). The van der Waals surface area contributed by atoms with Crippen LogP contribution in [0.2, 0.25) is 0 Å². The second-order valence-corrected chi connectivity index (χ2v) is 2.35. The van der Waals surface area contributed by atoms with E-state index >= 15 is 0 Å². The van der Waals surface area contributed by atoms with Crippen LogP contribution in [0.1, 0.15) is 0 Å². The van der Waals surface area contributed by atoms with E-state index in [0.717, 1.165) is 25.7 Å². The quantitative estimate of drug-likeness (QED) is 0.193. The summed E-state index contributed by atoms with van der Waals surface area (Å²) in [6.07, 6.45) is 1.13. The molecule has 0 atom stereocenters. The maximum Gasteiger partial charge on any atom is 0.331 e. The summed E-state index contributed by atoms with van der Waals surface area (Å²) in [6.45, 7) is 6.47. The first-order valence-electron chi connectivity index (χ1n) is 4.22. The van der Waals surface area contributed by atoms with Crippen molar-refractivity contribution in [3.63, 3.8) is 0 Å². The summed E-state index contributed by atoms with van der Waals surface area (Å²) in [4.78, 5) is 10.5. The Morgan fingerprint density at radius 2 is 2.08 bits per heavy atom. The lowest BCUT2D eigenvalue weighted by molar-refractivity contribution is -0.138. The van der Waals surface area contributed by atoms with E-state index in [2.05, 4.69) is 21.9 Å². The van der Waals surface area contributed by atoms with Crippen molar-refractivity contribution < 1.29 is 9.53 Å². The van der Waals surface area contributed by atoms with Gasteiger partial charge in [-0.3, -0.25) is 5.32 Å². The van der Waals surface area contributed by atoms with Gasteiger partial charge in [0.2, 0.25) is 0 Å². The first kappa shape index (κ1) is 12.1. The van der Waals surface area contributed by atoms with Crippen molar-refractivity contribution in [3.8, 4) is 0 Å². The number of carbonyl (C=O) groups is 1. The Bertz CT molecular complexity index is 150. The zero-order chi connectivity index (χ0) is 9.94. The van der Waals surface area contributed by atoms with Crippen LogP contribution in [0.15, 0.2) is 12.7 Å². The van der Waals surface area contributed by atoms with Gasteiger partial charge in [0.25, 0.3) is 0 Å². The van der Waals surface area contributed by atoms with Crippen molar-refractivity contribution in [2.24, 2.45) is 5.73 Å². The lowest BCUT2D eigenvalue weighted by atomic mass is 10.5. The number of carbonyl (C=O) groups excluding carboxylic acids is 1. The van der Waals surface area contributed by atoms with Gasteiger partial charge in [-0.1, -0.05) is 6.58 Å². The highest BCUT2D eigenvalue weighted by molar-refractivity contribution is 5.81. The Balaban J connectivity index is 2.99. The third kappa shape index (κ3) is 9.00. The maximum atomic E-state index is 10.5. The Hall–Kier alpha value is -0.910.